The predicted octanol–water partition coefficient (Wildman–Crippen LogP) is 6.24. The quantitative estimate of drug-likeness (QED) is 0.641. The molecule has 0 aromatic carbocycles. The van der Waals surface area contributed by atoms with Crippen LogP contribution in [0.2, 0.25) is 0 Å². The summed E-state index contributed by atoms with van der Waals surface area (Å²) in [6.45, 7) is 4.90. The number of carboxylic acids is 1. The Hall–Kier alpha value is -0.600. The molecule has 4 fully saturated rings. The summed E-state index contributed by atoms with van der Waals surface area (Å²) >= 11 is 0. The van der Waals surface area contributed by atoms with Crippen molar-refractivity contribution in [2.75, 3.05) is 0 Å². The molecule has 3 heteroatoms. The van der Waals surface area contributed by atoms with Gasteiger partial charge in [-0.15, -0.1) is 0 Å². The van der Waals surface area contributed by atoms with E-state index >= 15 is 4.39 Å². The first-order valence-corrected chi connectivity index (χ1v) is 11.2. The summed E-state index contributed by atoms with van der Waals surface area (Å²) in [4.78, 5) is 10.9. The third-order valence-electron chi connectivity index (χ3n) is 9.69. The van der Waals surface area contributed by atoms with Crippen LogP contribution in [0.1, 0.15) is 90.9 Å². The number of carboxylic acid groups (broad SMARTS) is 1. The van der Waals surface area contributed by atoms with Crippen LogP contribution in [0.4, 0.5) is 4.39 Å². The van der Waals surface area contributed by atoms with Gasteiger partial charge < -0.3 is 5.11 Å². The highest BCUT2D eigenvalue weighted by atomic mass is 19.1. The number of alkyl halides is 1. The van der Waals surface area contributed by atoms with Gasteiger partial charge in [-0.2, -0.15) is 0 Å². The van der Waals surface area contributed by atoms with E-state index in [2.05, 4.69) is 13.8 Å². The number of fused-ring (bicyclic) bond motifs is 5. The van der Waals surface area contributed by atoms with Gasteiger partial charge in [0.15, 0.2) is 0 Å². The van der Waals surface area contributed by atoms with Crippen LogP contribution in [0.25, 0.3) is 0 Å². The number of carbonyl (C=O) groups is 1. The first kappa shape index (κ1) is 18.7. The highest BCUT2D eigenvalue weighted by Crippen LogP contribution is 2.68. The van der Waals surface area contributed by atoms with Crippen LogP contribution >= 0.6 is 0 Å². The molecule has 0 aromatic rings. The largest absolute Gasteiger partial charge is 0.481 e. The molecular weight excluding hydrogens is 327 g/mol. The number of halogens is 1. The van der Waals surface area contributed by atoms with Crippen molar-refractivity contribution in [2.24, 2.45) is 40.4 Å². The number of rotatable bonds is 4. The van der Waals surface area contributed by atoms with Crippen LogP contribution in [-0.4, -0.2) is 17.2 Å². The van der Waals surface area contributed by atoms with Crippen molar-refractivity contribution < 1.29 is 14.3 Å². The lowest BCUT2D eigenvalue weighted by atomic mass is 9.44. The molecule has 4 saturated carbocycles. The highest BCUT2D eigenvalue weighted by Gasteiger charge is 2.61. The van der Waals surface area contributed by atoms with Gasteiger partial charge in [0.1, 0.15) is 6.17 Å². The van der Waals surface area contributed by atoms with Crippen molar-refractivity contribution in [3.05, 3.63) is 0 Å². The molecule has 26 heavy (non-hydrogen) atoms. The normalized spacial score (nSPS) is 50.6. The number of hydrogen-bond donors (Lipinski definition) is 1. The molecule has 4 aliphatic rings. The van der Waals surface area contributed by atoms with Crippen LogP contribution < -0.4 is 0 Å². The molecular formula is C23H37FO2. The minimum Gasteiger partial charge on any atom is -0.481 e. The van der Waals surface area contributed by atoms with Gasteiger partial charge >= 0.3 is 5.97 Å². The molecule has 8 atom stereocenters. The zero-order valence-corrected chi connectivity index (χ0v) is 16.7. The molecule has 8 unspecified atom stereocenters. The topological polar surface area (TPSA) is 37.3 Å². The number of aliphatic carboxylic acids is 1. The van der Waals surface area contributed by atoms with Crippen LogP contribution in [-0.2, 0) is 4.79 Å². The van der Waals surface area contributed by atoms with Gasteiger partial charge in [0.05, 0.1) is 0 Å². The Bertz CT molecular complexity index is 548. The Labute approximate surface area is 158 Å². The SMILES string of the molecule is CC12CCC3C(CC(F)C4CCCCC43C)C1CCC2CCCC(=O)O. The molecule has 0 radical (unpaired) electrons. The second-order valence-corrected chi connectivity index (χ2v) is 10.6. The molecule has 0 spiro atoms. The smallest absolute Gasteiger partial charge is 0.303 e. The summed E-state index contributed by atoms with van der Waals surface area (Å²) in [6.07, 6.45) is 12.3. The average molecular weight is 365 g/mol. The van der Waals surface area contributed by atoms with Gasteiger partial charge in [0.25, 0.3) is 0 Å². The van der Waals surface area contributed by atoms with Crippen molar-refractivity contribution in [1.82, 2.24) is 0 Å². The Kier molecular flexibility index (Phi) is 4.89. The molecule has 0 aliphatic heterocycles. The van der Waals surface area contributed by atoms with Gasteiger partial charge in [-0.3, -0.25) is 4.79 Å². The first-order valence-electron chi connectivity index (χ1n) is 11.2. The van der Waals surface area contributed by atoms with E-state index in [1.807, 2.05) is 0 Å². The Morgan fingerprint density at radius 3 is 2.54 bits per heavy atom. The monoisotopic (exact) mass is 364 g/mol. The molecule has 1 N–H and O–H groups in total. The summed E-state index contributed by atoms with van der Waals surface area (Å²) in [6, 6.07) is 0. The first-order chi connectivity index (χ1) is 12.4. The molecule has 2 nitrogen and oxygen atoms in total. The minimum atomic E-state index is -0.669. The fraction of sp³-hybridized carbons (Fsp3) is 0.957. The van der Waals surface area contributed by atoms with Crippen molar-refractivity contribution in [2.45, 2.75) is 97.1 Å². The van der Waals surface area contributed by atoms with Crippen LogP contribution in [0.3, 0.4) is 0 Å². The molecule has 0 heterocycles. The van der Waals surface area contributed by atoms with Crippen molar-refractivity contribution >= 4 is 5.97 Å². The molecule has 148 valence electrons. The Morgan fingerprint density at radius 1 is 1.00 bits per heavy atom. The summed E-state index contributed by atoms with van der Waals surface area (Å²) in [5, 5.41) is 8.96. The predicted molar refractivity (Wildman–Crippen MR) is 102 cm³/mol. The summed E-state index contributed by atoms with van der Waals surface area (Å²) in [5.41, 5.74) is 0.570. The van der Waals surface area contributed by atoms with Crippen molar-refractivity contribution in [3.63, 3.8) is 0 Å². The van der Waals surface area contributed by atoms with Crippen LogP contribution in [0.5, 0.6) is 0 Å². The average Bonchev–Trinajstić information content (AvgIpc) is 2.91. The van der Waals surface area contributed by atoms with E-state index in [4.69, 9.17) is 5.11 Å². The Morgan fingerprint density at radius 2 is 1.77 bits per heavy atom. The number of hydrogen-bond acceptors (Lipinski definition) is 1. The molecule has 0 aromatic heterocycles. The second kappa shape index (κ2) is 6.78. The van der Waals surface area contributed by atoms with Crippen molar-refractivity contribution in [3.8, 4) is 0 Å². The molecule has 0 amide bonds. The molecule has 4 aliphatic carbocycles. The van der Waals surface area contributed by atoms with E-state index in [1.54, 1.807) is 0 Å². The lowest BCUT2D eigenvalue weighted by Gasteiger charge is -2.61. The maximum Gasteiger partial charge on any atom is 0.303 e. The maximum absolute atomic E-state index is 15.2. The standard InChI is InChI=1S/C23H37FO2/c1-22-13-11-18-16(14-20(24)19-7-3-4-12-23(18,19)2)17(22)10-9-15(22)6-5-8-21(25)26/h15-20H,3-14H2,1-2H3,(H,25,26). The van der Waals surface area contributed by atoms with Gasteiger partial charge in [0.2, 0.25) is 0 Å². The maximum atomic E-state index is 15.2. The third-order valence-corrected chi connectivity index (χ3v) is 9.69. The highest BCUT2D eigenvalue weighted by molar-refractivity contribution is 5.66. The zero-order valence-electron chi connectivity index (χ0n) is 16.7. The molecule has 0 bridgehead atoms. The fourth-order valence-corrected chi connectivity index (χ4v) is 8.38. The van der Waals surface area contributed by atoms with Crippen molar-refractivity contribution in [1.29, 1.82) is 0 Å². The molecule has 4 rings (SSSR count). The van der Waals surface area contributed by atoms with E-state index in [0.717, 1.165) is 31.6 Å². The van der Waals surface area contributed by atoms with Gasteiger partial charge in [-0.1, -0.05) is 26.7 Å². The summed E-state index contributed by atoms with van der Waals surface area (Å²) < 4.78 is 15.2. The van der Waals surface area contributed by atoms with E-state index in [1.165, 1.54) is 44.9 Å². The van der Waals surface area contributed by atoms with Gasteiger partial charge in [-0.05, 0) is 98.2 Å². The van der Waals surface area contributed by atoms with E-state index in [-0.39, 0.29) is 5.41 Å². The van der Waals surface area contributed by atoms with Gasteiger partial charge in [0, 0.05) is 6.42 Å². The van der Waals surface area contributed by atoms with Crippen LogP contribution in [0.15, 0.2) is 0 Å². The zero-order chi connectivity index (χ0) is 18.5. The van der Waals surface area contributed by atoms with Gasteiger partial charge in [-0.25, -0.2) is 4.39 Å². The summed E-state index contributed by atoms with van der Waals surface area (Å²) in [7, 11) is 0. The minimum absolute atomic E-state index is 0.239. The lowest BCUT2D eigenvalue weighted by Crippen LogP contribution is -2.56. The molecule has 0 saturated heterocycles. The third kappa shape index (κ3) is 2.83. The lowest BCUT2D eigenvalue weighted by molar-refractivity contribution is -0.141. The fourth-order valence-electron chi connectivity index (χ4n) is 8.38. The van der Waals surface area contributed by atoms with E-state index < -0.39 is 12.1 Å². The van der Waals surface area contributed by atoms with Crippen LogP contribution in [0, 0.1) is 40.4 Å². The van der Waals surface area contributed by atoms with E-state index in [9.17, 15) is 4.79 Å². The summed E-state index contributed by atoms with van der Waals surface area (Å²) in [5.74, 6) is 2.28. The second-order valence-electron chi connectivity index (χ2n) is 10.6. The van der Waals surface area contributed by atoms with E-state index in [0.29, 0.717) is 35.5 Å². The Balaban J connectivity index is 1.52.